The summed E-state index contributed by atoms with van der Waals surface area (Å²) in [4.78, 5) is 4.53. The molecule has 0 unspecified atom stereocenters. The van der Waals surface area contributed by atoms with E-state index in [2.05, 4.69) is 18.0 Å². The first kappa shape index (κ1) is 15.6. The summed E-state index contributed by atoms with van der Waals surface area (Å²) in [7, 11) is 0. The Balaban J connectivity index is 1.62. The van der Waals surface area contributed by atoms with Crippen LogP contribution in [0.1, 0.15) is 11.3 Å². The lowest BCUT2D eigenvalue weighted by Gasteiger charge is -2.10. The van der Waals surface area contributed by atoms with Crippen molar-refractivity contribution in [2.24, 2.45) is 0 Å². The number of para-hydroxylation sites is 1. The lowest BCUT2D eigenvalue weighted by Crippen LogP contribution is -2.09. The molecule has 23 heavy (non-hydrogen) atoms. The number of nitrogens with zero attached hydrogens (tertiary/aromatic N) is 1. The van der Waals surface area contributed by atoms with Crippen molar-refractivity contribution in [3.05, 3.63) is 64.8 Å². The molecular weight excluding hydrogens is 310 g/mol. The third-order valence-electron chi connectivity index (χ3n) is 3.56. The highest BCUT2D eigenvalue weighted by atomic mass is 35.5. The maximum Gasteiger partial charge on any atom is 0.138 e. The second-order valence-electron chi connectivity index (χ2n) is 5.39. The van der Waals surface area contributed by atoms with Gasteiger partial charge in [-0.1, -0.05) is 23.7 Å². The molecule has 0 aliphatic carbocycles. The van der Waals surface area contributed by atoms with Crippen LogP contribution in [-0.2, 0) is 0 Å². The minimum absolute atomic E-state index is 0.437. The highest BCUT2D eigenvalue weighted by Gasteiger charge is 2.04. The second-order valence-corrected chi connectivity index (χ2v) is 5.79. The molecule has 0 aliphatic rings. The third-order valence-corrected chi connectivity index (χ3v) is 3.87. The Morgan fingerprint density at radius 2 is 1.74 bits per heavy atom. The summed E-state index contributed by atoms with van der Waals surface area (Å²) < 4.78 is 11.4. The predicted octanol–water partition coefficient (Wildman–Crippen LogP) is 4.96. The van der Waals surface area contributed by atoms with E-state index in [1.165, 1.54) is 5.56 Å². The molecule has 0 atom stereocenters. The van der Waals surface area contributed by atoms with E-state index in [9.17, 15) is 0 Å². The smallest absolute Gasteiger partial charge is 0.138 e. The van der Waals surface area contributed by atoms with Gasteiger partial charge in [-0.25, -0.2) is 0 Å². The van der Waals surface area contributed by atoms with Crippen LogP contribution in [0.4, 0.5) is 0 Å². The van der Waals surface area contributed by atoms with Crippen molar-refractivity contribution >= 4 is 22.5 Å². The monoisotopic (exact) mass is 327 g/mol. The van der Waals surface area contributed by atoms with E-state index in [-0.39, 0.29) is 0 Å². The van der Waals surface area contributed by atoms with Gasteiger partial charge in [-0.2, -0.15) is 0 Å². The molecule has 0 amide bonds. The summed E-state index contributed by atoms with van der Waals surface area (Å²) in [6.45, 7) is 4.98. The number of fused-ring (bicyclic) bond motifs is 1. The maximum absolute atomic E-state index is 6.04. The lowest BCUT2D eigenvalue weighted by atomic mass is 10.1. The minimum atomic E-state index is 0.437. The SMILES string of the molecule is Cc1cc(C)c2cc(OCCOc3ccccc3Cl)ccc2n1. The van der Waals surface area contributed by atoms with Crippen LogP contribution in [0, 0.1) is 13.8 Å². The zero-order chi connectivity index (χ0) is 16.2. The van der Waals surface area contributed by atoms with E-state index in [1.807, 2.05) is 43.3 Å². The number of aromatic nitrogens is 1. The Kier molecular flexibility index (Phi) is 4.68. The zero-order valence-electron chi connectivity index (χ0n) is 13.2. The summed E-state index contributed by atoms with van der Waals surface area (Å²) >= 11 is 6.04. The molecule has 0 saturated heterocycles. The van der Waals surface area contributed by atoms with E-state index in [0.29, 0.717) is 24.0 Å². The molecule has 0 aliphatic heterocycles. The Morgan fingerprint density at radius 1 is 0.957 bits per heavy atom. The molecule has 0 fully saturated rings. The van der Waals surface area contributed by atoms with Crippen molar-refractivity contribution in [2.45, 2.75) is 13.8 Å². The lowest BCUT2D eigenvalue weighted by molar-refractivity contribution is 0.217. The highest BCUT2D eigenvalue weighted by Crippen LogP contribution is 2.24. The van der Waals surface area contributed by atoms with Crippen LogP contribution in [-0.4, -0.2) is 18.2 Å². The number of halogens is 1. The largest absolute Gasteiger partial charge is 0.490 e. The molecule has 3 rings (SSSR count). The summed E-state index contributed by atoms with van der Waals surface area (Å²) in [6.07, 6.45) is 0. The van der Waals surface area contributed by atoms with Gasteiger partial charge >= 0.3 is 0 Å². The molecule has 3 aromatic rings. The average Bonchev–Trinajstić information content (AvgIpc) is 2.53. The Morgan fingerprint density at radius 3 is 2.57 bits per heavy atom. The van der Waals surface area contributed by atoms with E-state index in [4.69, 9.17) is 21.1 Å². The Labute approximate surface area is 140 Å². The molecule has 118 valence electrons. The zero-order valence-corrected chi connectivity index (χ0v) is 13.9. The molecule has 0 radical (unpaired) electrons. The quantitative estimate of drug-likeness (QED) is 0.620. The van der Waals surface area contributed by atoms with Crippen molar-refractivity contribution in [2.75, 3.05) is 13.2 Å². The highest BCUT2D eigenvalue weighted by molar-refractivity contribution is 6.32. The fourth-order valence-electron chi connectivity index (χ4n) is 2.50. The number of pyridine rings is 1. The molecular formula is C19H18ClNO2. The fraction of sp³-hybridized carbons (Fsp3) is 0.211. The van der Waals surface area contributed by atoms with E-state index in [1.54, 1.807) is 6.07 Å². The molecule has 1 aromatic heterocycles. The number of ether oxygens (including phenoxy) is 2. The second kappa shape index (κ2) is 6.88. The summed E-state index contributed by atoms with van der Waals surface area (Å²) in [6, 6.07) is 15.4. The Hall–Kier alpha value is -2.26. The van der Waals surface area contributed by atoms with Gasteiger partial charge in [0.2, 0.25) is 0 Å². The van der Waals surface area contributed by atoms with Gasteiger partial charge in [0.05, 0.1) is 10.5 Å². The van der Waals surface area contributed by atoms with Gasteiger partial charge in [0.1, 0.15) is 24.7 Å². The first-order valence-electron chi connectivity index (χ1n) is 7.51. The standard InChI is InChI=1S/C19H18ClNO2/c1-13-11-14(2)21-18-8-7-15(12-16(13)18)22-9-10-23-19-6-4-3-5-17(19)20/h3-8,11-12H,9-10H2,1-2H3. The van der Waals surface area contributed by atoms with Crippen molar-refractivity contribution < 1.29 is 9.47 Å². The van der Waals surface area contributed by atoms with Crippen molar-refractivity contribution in [1.82, 2.24) is 4.98 Å². The van der Waals surface area contributed by atoms with Crippen LogP contribution < -0.4 is 9.47 Å². The molecule has 0 spiro atoms. The van der Waals surface area contributed by atoms with Gasteiger partial charge in [-0.05, 0) is 55.8 Å². The predicted molar refractivity (Wildman–Crippen MR) is 93.7 cm³/mol. The summed E-state index contributed by atoms with van der Waals surface area (Å²) in [5.41, 5.74) is 3.21. The van der Waals surface area contributed by atoms with Crippen LogP contribution in [0.25, 0.3) is 10.9 Å². The van der Waals surface area contributed by atoms with Crippen LogP contribution >= 0.6 is 11.6 Å². The van der Waals surface area contributed by atoms with Gasteiger partial charge in [0, 0.05) is 11.1 Å². The summed E-state index contributed by atoms with van der Waals surface area (Å²) in [5, 5.41) is 1.72. The first-order valence-corrected chi connectivity index (χ1v) is 7.89. The maximum atomic E-state index is 6.04. The average molecular weight is 328 g/mol. The van der Waals surface area contributed by atoms with Crippen LogP contribution in [0.5, 0.6) is 11.5 Å². The number of benzene rings is 2. The normalized spacial score (nSPS) is 10.7. The molecule has 1 heterocycles. The van der Waals surface area contributed by atoms with Crippen molar-refractivity contribution in [1.29, 1.82) is 0 Å². The molecule has 4 heteroatoms. The number of hydrogen-bond donors (Lipinski definition) is 0. The van der Waals surface area contributed by atoms with Gasteiger partial charge < -0.3 is 9.47 Å². The topological polar surface area (TPSA) is 31.4 Å². The number of hydrogen-bond acceptors (Lipinski definition) is 3. The minimum Gasteiger partial charge on any atom is -0.490 e. The van der Waals surface area contributed by atoms with E-state index < -0.39 is 0 Å². The van der Waals surface area contributed by atoms with Crippen LogP contribution in [0.2, 0.25) is 5.02 Å². The molecule has 3 nitrogen and oxygen atoms in total. The summed E-state index contributed by atoms with van der Waals surface area (Å²) in [5.74, 6) is 1.49. The van der Waals surface area contributed by atoms with E-state index >= 15 is 0 Å². The number of aryl methyl sites for hydroxylation is 2. The molecule has 0 bridgehead atoms. The van der Waals surface area contributed by atoms with Gasteiger partial charge in [0.15, 0.2) is 0 Å². The van der Waals surface area contributed by atoms with Gasteiger partial charge in [0.25, 0.3) is 0 Å². The fourth-order valence-corrected chi connectivity index (χ4v) is 2.69. The van der Waals surface area contributed by atoms with Gasteiger partial charge in [-0.15, -0.1) is 0 Å². The van der Waals surface area contributed by atoms with Crippen LogP contribution in [0.3, 0.4) is 0 Å². The molecule has 0 saturated carbocycles. The molecule has 0 N–H and O–H groups in total. The third kappa shape index (κ3) is 3.74. The van der Waals surface area contributed by atoms with E-state index in [0.717, 1.165) is 22.3 Å². The van der Waals surface area contributed by atoms with Crippen molar-refractivity contribution in [3.63, 3.8) is 0 Å². The van der Waals surface area contributed by atoms with Crippen LogP contribution in [0.15, 0.2) is 48.5 Å². The Bertz CT molecular complexity index is 833. The number of rotatable bonds is 5. The van der Waals surface area contributed by atoms with Gasteiger partial charge in [-0.3, -0.25) is 4.98 Å². The molecule has 2 aromatic carbocycles. The van der Waals surface area contributed by atoms with Crippen molar-refractivity contribution in [3.8, 4) is 11.5 Å². The first-order chi connectivity index (χ1) is 11.1.